The van der Waals surface area contributed by atoms with Crippen LogP contribution in [-0.2, 0) is 0 Å². The number of rotatable bonds is 1. The molecule has 1 heterocycles. The molecule has 0 fully saturated rings. The topological polar surface area (TPSA) is 36.7 Å². The summed E-state index contributed by atoms with van der Waals surface area (Å²) in [4.78, 5) is 4.36. The molecule has 2 nitrogen and oxygen atoms in total. The zero-order chi connectivity index (χ0) is 11.8. The second kappa shape index (κ2) is 3.75. The highest BCUT2D eigenvalue weighted by molar-refractivity contribution is 5.55. The molecule has 16 heavy (non-hydrogen) atoms. The maximum absolute atomic E-state index is 9.30. The Morgan fingerprint density at radius 3 is 2.88 bits per heavy atom. The normalized spacial score (nSPS) is 23.6. The highest BCUT2D eigenvalue weighted by atomic mass is 14.7. The van der Waals surface area contributed by atoms with E-state index in [2.05, 4.69) is 36.2 Å². The fourth-order valence-electron chi connectivity index (χ4n) is 2.58. The van der Waals surface area contributed by atoms with Gasteiger partial charge in [0.15, 0.2) is 0 Å². The third-order valence-electron chi connectivity index (χ3n) is 3.36. The van der Waals surface area contributed by atoms with Crippen molar-refractivity contribution in [2.75, 3.05) is 0 Å². The van der Waals surface area contributed by atoms with Gasteiger partial charge in [-0.25, -0.2) is 0 Å². The first-order chi connectivity index (χ1) is 7.56. The van der Waals surface area contributed by atoms with E-state index < -0.39 is 0 Å². The zero-order valence-corrected chi connectivity index (χ0v) is 9.94. The maximum atomic E-state index is 9.30. The number of hydrogen-bond acceptors (Lipinski definition) is 2. The summed E-state index contributed by atoms with van der Waals surface area (Å²) in [6, 6.07) is 6.46. The fourth-order valence-corrected chi connectivity index (χ4v) is 2.58. The van der Waals surface area contributed by atoms with Gasteiger partial charge in [-0.05, 0) is 37.5 Å². The lowest BCUT2D eigenvalue weighted by Crippen LogP contribution is -2.27. The molecular formula is C14H16N2. The molecule has 0 amide bonds. The minimum Gasteiger partial charge on any atom is -0.257 e. The van der Waals surface area contributed by atoms with Crippen LogP contribution >= 0.6 is 0 Å². The molecule has 2 rings (SSSR count). The Balaban J connectivity index is 2.55. The zero-order valence-electron chi connectivity index (χ0n) is 9.94. The third-order valence-corrected chi connectivity index (χ3v) is 3.36. The molecule has 0 aromatic carbocycles. The fraction of sp³-hybridized carbons (Fsp3) is 0.429. The van der Waals surface area contributed by atoms with E-state index in [1.54, 1.807) is 6.20 Å². The molecule has 0 unspecified atom stereocenters. The molecule has 0 spiro atoms. The largest absolute Gasteiger partial charge is 0.257 e. The first-order valence-electron chi connectivity index (χ1n) is 5.60. The molecule has 82 valence electrons. The number of hydrogen-bond donors (Lipinski definition) is 0. The van der Waals surface area contributed by atoms with E-state index in [0.29, 0.717) is 5.92 Å². The molecule has 0 bridgehead atoms. The van der Waals surface area contributed by atoms with Crippen LogP contribution < -0.4 is 0 Å². The lowest BCUT2D eigenvalue weighted by Gasteiger charge is -2.35. The predicted molar refractivity (Wildman–Crippen MR) is 64.6 cm³/mol. The SMILES string of the molecule is C[C@@H]1C=Cc2ncccc2[C@@H]1C(C)(C)C#N. The number of allylic oxidation sites excluding steroid dienone is 1. The minimum absolute atomic E-state index is 0.228. The van der Waals surface area contributed by atoms with Gasteiger partial charge >= 0.3 is 0 Å². The summed E-state index contributed by atoms with van der Waals surface area (Å²) in [6.07, 6.45) is 6.01. The molecule has 1 aliphatic carbocycles. The first kappa shape index (κ1) is 10.9. The van der Waals surface area contributed by atoms with Crippen molar-refractivity contribution in [2.24, 2.45) is 11.3 Å². The standard InChI is InChI=1S/C14H16N2/c1-10-6-7-12-11(5-4-8-16-12)13(10)14(2,3)9-15/h4-8,10,13H,1-3H3/t10-,13-/m1/s1. The van der Waals surface area contributed by atoms with Gasteiger partial charge < -0.3 is 0 Å². The van der Waals surface area contributed by atoms with E-state index in [9.17, 15) is 5.26 Å². The van der Waals surface area contributed by atoms with Gasteiger partial charge in [0.25, 0.3) is 0 Å². The average molecular weight is 212 g/mol. The molecule has 2 atom stereocenters. The van der Waals surface area contributed by atoms with Crippen molar-refractivity contribution in [2.45, 2.75) is 26.7 Å². The van der Waals surface area contributed by atoms with E-state index in [1.807, 2.05) is 19.9 Å². The van der Waals surface area contributed by atoms with Crippen LogP contribution in [0.1, 0.15) is 37.9 Å². The van der Waals surface area contributed by atoms with Gasteiger partial charge in [-0.15, -0.1) is 0 Å². The molecule has 0 saturated carbocycles. The molecule has 0 radical (unpaired) electrons. The van der Waals surface area contributed by atoms with E-state index in [4.69, 9.17) is 0 Å². The molecule has 0 aliphatic heterocycles. The van der Waals surface area contributed by atoms with Gasteiger partial charge in [-0.3, -0.25) is 4.98 Å². The molecule has 1 aromatic rings. The van der Waals surface area contributed by atoms with Crippen molar-refractivity contribution in [3.05, 3.63) is 35.7 Å². The molecule has 1 aromatic heterocycles. The smallest absolute Gasteiger partial charge is 0.0690 e. The van der Waals surface area contributed by atoms with Crippen LogP contribution in [0.5, 0.6) is 0 Å². The van der Waals surface area contributed by atoms with Gasteiger partial charge in [-0.1, -0.05) is 19.1 Å². The second-order valence-corrected chi connectivity index (χ2v) is 5.01. The van der Waals surface area contributed by atoms with Crippen molar-refractivity contribution < 1.29 is 0 Å². The van der Waals surface area contributed by atoms with Crippen molar-refractivity contribution >= 4 is 6.08 Å². The molecule has 0 N–H and O–H groups in total. The van der Waals surface area contributed by atoms with Crippen LogP contribution in [0.15, 0.2) is 24.4 Å². The Morgan fingerprint density at radius 1 is 1.44 bits per heavy atom. The predicted octanol–water partition coefficient (Wildman–Crippen LogP) is 3.38. The summed E-state index contributed by atoms with van der Waals surface area (Å²) >= 11 is 0. The summed E-state index contributed by atoms with van der Waals surface area (Å²) in [5.41, 5.74) is 1.85. The Kier molecular flexibility index (Phi) is 2.55. The number of aromatic nitrogens is 1. The lowest BCUT2D eigenvalue weighted by molar-refractivity contribution is 0.324. The van der Waals surface area contributed by atoms with Crippen molar-refractivity contribution in [1.29, 1.82) is 5.26 Å². The summed E-state index contributed by atoms with van der Waals surface area (Å²) in [7, 11) is 0. The molecule has 2 heteroatoms. The Labute approximate surface area is 96.6 Å². The monoisotopic (exact) mass is 212 g/mol. The highest BCUT2D eigenvalue weighted by Gasteiger charge is 2.37. The van der Waals surface area contributed by atoms with Crippen molar-refractivity contribution in [3.63, 3.8) is 0 Å². The molecule has 0 saturated heterocycles. The minimum atomic E-state index is -0.359. The van der Waals surface area contributed by atoms with Crippen LogP contribution in [0.25, 0.3) is 6.08 Å². The van der Waals surface area contributed by atoms with Crippen molar-refractivity contribution in [3.8, 4) is 6.07 Å². The van der Waals surface area contributed by atoms with Crippen LogP contribution in [0.4, 0.5) is 0 Å². The summed E-state index contributed by atoms with van der Waals surface area (Å²) in [6.45, 7) is 6.17. The summed E-state index contributed by atoms with van der Waals surface area (Å²) in [5, 5.41) is 9.30. The number of nitriles is 1. The van der Waals surface area contributed by atoms with Gasteiger partial charge in [0, 0.05) is 12.1 Å². The van der Waals surface area contributed by atoms with Crippen LogP contribution in [0.3, 0.4) is 0 Å². The van der Waals surface area contributed by atoms with Gasteiger partial charge in [0.1, 0.15) is 0 Å². The van der Waals surface area contributed by atoms with E-state index in [-0.39, 0.29) is 11.3 Å². The van der Waals surface area contributed by atoms with E-state index in [1.165, 1.54) is 5.56 Å². The Hall–Kier alpha value is -1.62. The van der Waals surface area contributed by atoms with E-state index in [0.717, 1.165) is 5.69 Å². The number of pyridine rings is 1. The highest BCUT2D eigenvalue weighted by Crippen LogP contribution is 2.44. The second-order valence-electron chi connectivity index (χ2n) is 5.01. The number of fused-ring (bicyclic) bond motifs is 1. The third kappa shape index (κ3) is 1.63. The summed E-state index contributed by atoms with van der Waals surface area (Å²) < 4.78 is 0. The quantitative estimate of drug-likeness (QED) is 0.715. The van der Waals surface area contributed by atoms with Crippen LogP contribution in [0, 0.1) is 22.7 Å². The van der Waals surface area contributed by atoms with Gasteiger partial charge in [0.05, 0.1) is 17.2 Å². The van der Waals surface area contributed by atoms with Crippen LogP contribution in [-0.4, -0.2) is 4.98 Å². The van der Waals surface area contributed by atoms with Crippen molar-refractivity contribution in [1.82, 2.24) is 4.98 Å². The first-order valence-corrected chi connectivity index (χ1v) is 5.60. The maximum Gasteiger partial charge on any atom is 0.0690 e. The van der Waals surface area contributed by atoms with Crippen LogP contribution in [0.2, 0.25) is 0 Å². The Bertz CT molecular complexity index is 466. The Morgan fingerprint density at radius 2 is 2.19 bits per heavy atom. The molecule has 1 aliphatic rings. The number of nitrogens with zero attached hydrogens (tertiary/aromatic N) is 2. The van der Waals surface area contributed by atoms with E-state index >= 15 is 0 Å². The summed E-state index contributed by atoms with van der Waals surface area (Å²) in [5.74, 6) is 0.609. The van der Waals surface area contributed by atoms with Gasteiger partial charge in [-0.2, -0.15) is 5.26 Å². The average Bonchev–Trinajstić information content (AvgIpc) is 2.28. The lowest BCUT2D eigenvalue weighted by atomic mass is 9.67. The van der Waals surface area contributed by atoms with Gasteiger partial charge in [0.2, 0.25) is 0 Å². The molecular weight excluding hydrogens is 196 g/mol.